The molecule has 1 aromatic rings. The van der Waals surface area contributed by atoms with Gasteiger partial charge in [-0.2, -0.15) is 0 Å². The van der Waals surface area contributed by atoms with E-state index in [0.29, 0.717) is 6.04 Å². The van der Waals surface area contributed by atoms with Gasteiger partial charge in [0.15, 0.2) is 0 Å². The molecule has 1 heterocycles. The van der Waals surface area contributed by atoms with Crippen LogP contribution in [0.1, 0.15) is 6.92 Å². The second-order valence-corrected chi connectivity index (χ2v) is 3.28. The first-order chi connectivity index (χ1) is 6.20. The first-order valence-electron chi connectivity index (χ1n) is 4.36. The van der Waals surface area contributed by atoms with Crippen LogP contribution in [0.15, 0.2) is 18.6 Å². The first-order valence-corrected chi connectivity index (χ1v) is 4.36. The molecule has 0 aliphatic heterocycles. The molecule has 13 heavy (non-hydrogen) atoms. The van der Waals surface area contributed by atoms with E-state index < -0.39 is 0 Å². The van der Waals surface area contributed by atoms with Crippen LogP contribution in [0.25, 0.3) is 0 Å². The maximum Gasteiger partial charge on any atom is 0.144 e. The molecule has 1 unspecified atom stereocenters. The number of hydrogen-bond acceptors (Lipinski definition) is 4. The number of hydrogen-bond donors (Lipinski definition) is 1. The minimum absolute atomic E-state index is 0.488. The second kappa shape index (κ2) is 4.77. The zero-order valence-electron chi connectivity index (χ0n) is 8.36. The molecule has 0 aliphatic carbocycles. The van der Waals surface area contributed by atoms with Crippen LogP contribution in [0.5, 0.6) is 0 Å². The molecule has 1 rings (SSSR count). The van der Waals surface area contributed by atoms with Crippen LogP contribution in [0.4, 0.5) is 5.82 Å². The zero-order chi connectivity index (χ0) is 9.68. The summed E-state index contributed by atoms with van der Waals surface area (Å²) >= 11 is 0. The van der Waals surface area contributed by atoms with Crippen molar-refractivity contribution in [3.63, 3.8) is 0 Å². The topological polar surface area (TPSA) is 41.1 Å². The fourth-order valence-corrected chi connectivity index (χ4v) is 0.825. The van der Waals surface area contributed by atoms with E-state index in [1.807, 2.05) is 0 Å². The van der Waals surface area contributed by atoms with E-state index in [0.717, 1.165) is 12.4 Å². The van der Waals surface area contributed by atoms with Crippen molar-refractivity contribution in [2.24, 2.45) is 0 Å². The molecule has 4 nitrogen and oxygen atoms in total. The Kier molecular flexibility index (Phi) is 3.64. The second-order valence-electron chi connectivity index (χ2n) is 3.28. The van der Waals surface area contributed by atoms with Crippen molar-refractivity contribution in [2.45, 2.75) is 13.0 Å². The van der Waals surface area contributed by atoms with Crippen molar-refractivity contribution in [3.05, 3.63) is 18.6 Å². The SMILES string of the molecule is CC(CNc1cnccn1)N(C)C. The number of nitrogens with one attached hydrogen (secondary N) is 1. The van der Waals surface area contributed by atoms with Crippen molar-refractivity contribution in [2.75, 3.05) is 26.0 Å². The third kappa shape index (κ3) is 3.38. The molecule has 1 atom stereocenters. The highest BCUT2D eigenvalue weighted by molar-refractivity contribution is 5.29. The predicted octanol–water partition coefficient (Wildman–Crippen LogP) is 0.839. The van der Waals surface area contributed by atoms with Crippen LogP contribution >= 0.6 is 0 Å². The van der Waals surface area contributed by atoms with Gasteiger partial charge in [0.25, 0.3) is 0 Å². The van der Waals surface area contributed by atoms with E-state index >= 15 is 0 Å². The van der Waals surface area contributed by atoms with Crippen molar-refractivity contribution < 1.29 is 0 Å². The molecule has 0 amide bonds. The lowest BCUT2D eigenvalue weighted by Gasteiger charge is -2.19. The third-order valence-electron chi connectivity index (χ3n) is 2.02. The quantitative estimate of drug-likeness (QED) is 0.745. The standard InChI is InChI=1S/C9H16N4/c1-8(13(2)3)6-12-9-7-10-4-5-11-9/h4-5,7-8H,6H2,1-3H3,(H,11,12). The van der Waals surface area contributed by atoms with E-state index in [4.69, 9.17) is 0 Å². The van der Waals surface area contributed by atoms with Crippen LogP contribution in [-0.2, 0) is 0 Å². The van der Waals surface area contributed by atoms with Crippen molar-refractivity contribution in [1.29, 1.82) is 0 Å². The van der Waals surface area contributed by atoms with Gasteiger partial charge in [-0.1, -0.05) is 0 Å². The summed E-state index contributed by atoms with van der Waals surface area (Å²) in [4.78, 5) is 10.2. The molecule has 0 bridgehead atoms. The van der Waals surface area contributed by atoms with Gasteiger partial charge in [-0.05, 0) is 21.0 Å². The lowest BCUT2D eigenvalue weighted by Crippen LogP contribution is -2.31. The number of anilines is 1. The lowest BCUT2D eigenvalue weighted by molar-refractivity contribution is 0.326. The van der Waals surface area contributed by atoms with Gasteiger partial charge in [-0.3, -0.25) is 4.98 Å². The van der Waals surface area contributed by atoms with Gasteiger partial charge in [-0.25, -0.2) is 4.98 Å². The number of nitrogens with zero attached hydrogens (tertiary/aromatic N) is 3. The molecule has 1 aromatic heterocycles. The maximum absolute atomic E-state index is 4.12. The highest BCUT2D eigenvalue weighted by Crippen LogP contribution is 1.98. The van der Waals surface area contributed by atoms with Gasteiger partial charge in [-0.15, -0.1) is 0 Å². The summed E-state index contributed by atoms with van der Waals surface area (Å²) < 4.78 is 0. The van der Waals surface area contributed by atoms with Gasteiger partial charge < -0.3 is 10.2 Å². The number of rotatable bonds is 4. The fraction of sp³-hybridized carbons (Fsp3) is 0.556. The monoisotopic (exact) mass is 180 g/mol. The molecule has 0 fully saturated rings. The van der Waals surface area contributed by atoms with Gasteiger partial charge in [0.05, 0.1) is 6.20 Å². The summed E-state index contributed by atoms with van der Waals surface area (Å²) in [5.41, 5.74) is 0. The Morgan fingerprint density at radius 2 is 2.23 bits per heavy atom. The predicted molar refractivity (Wildman–Crippen MR) is 53.7 cm³/mol. The Hall–Kier alpha value is -1.16. The lowest BCUT2D eigenvalue weighted by atomic mass is 10.3. The molecule has 0 saturated heterocycles. The summed E-state index contributed by atoms with van der Waals surface area (Å²) in [6, 6.07) is 0.488. The number of aromatic nitrogens is 2. The molecule has 0 radical (unpaired) electrons. The van der Waals surface area contributed by atoms with Gasteiger partial charge in [0.2, 0.25) is 0 Å². The van der Waals surface area contributed by atoms with Crippen LogP contribution in [-0.4, -0.2) is 41.5 Å². The normalized spacial score (nSPS) is 12.9. The molecule has 0 aromatic carbocycles. The van der Waals surface area contributed by atoms with Crippen LogP contribution in [0.2, 0.25) is 0 Å². The summed E-state index contributed by atoms with van der Waals surface area (Å²) in [5, 5.41) is 3.21. The largest absolute Gasteiger partial charge is 0.367 e. The highest BCUT2D eigenvalue weighted by Gasteiger charge is 2.03. The van der Waals surface area contributed by atoms with Crippen molar-refractivity contribution >= 4 is 5.82 Å². The van der Waals surface area contributed by atoms with E-state index in [1.54, 1.807) is 18.6 Å². The summed E-state index contributed by atoms with van der Waals surface area (Å²) in [6.45, 7) is 3.04. The smallest absolute Gasteiger partial charge is 0.144 e. The van der Waals surface area contributed by atoms with Crippen molar-refractivity contribution in [3.8, 4) is 0 Å². The fourth-order valence-electron chi connectivity index (χ4n) is 0.825. The average molecular weight is 180 g/mol. The minimum Gasteiger partial charge on any atom is -0.367 e. The number of likely N-dealkylation sites (N-methyl/N-ethyl adjacent to an activating group) is 1. The molecule has 0 saturated carbocycles. The van der Waals surface area contributed by atoms with Gasteiger partial charge >= 0.3 is 0 Å². The molecule has 0 spiro atoms. The Bertz CT molecular complexity index is 235. The molecular weight excluding hydrogens is 164 g/mol. The first kappa shape index (κ1) is 9.92. The summed E-state index contributed by atoms with van der Waals surface area (Å²) in [5.74, 6) is 0.830. The van der Waals surface area contributed by atoms with Crippen LogP contribution < -0.4 is 5.32 Å². The molecule has 4 heteroatoms. The third-order valence-corrected chi connectivity index (χ3v) is 2.02. The summed E-state index contributed by atoms with van der Waals surface area (Å²) in [6.07, 6.45) is 5.07. The minimum atomic E-state index is 0.488. The molecular formula is C9H16N4. The van der Waals surface area contributed by atoms with Gasteiger partial charge in [0, 0.05) is 25.0 Å². The van der Waals surface area contributed by atoms with Crippen molar-refractivity contribution in [1.82, 2.24) is 14.9 Å². The Labute approximate surface area is 79.0 Å². The maximum atomic E-state index is 4.12. The zero-order valence-corrected chi connectivity index (χ0v) is 8.36. The average Bonchev–Trinajstić information content (AvgIpc) is 2.15. The Balaban J connectivity index is 2.35. The van der Waals surface area contributed by atoms with Gasteiger partial charge in [0.1, 0.15) is 5.82 Å². The molecule has 72 valence electrons. The Morgan fingerprint density at radius 1 is 1.46 bits per heavy atom. The Morgan fingerprint density at radius 3 is 2.77 bits per heavy atom. The van der Waals surface area contributed by atoms with E-state index in [2.05, 4.69) is 41.2 Å². The van der Waals surface area contributed by atoms with Crippen LogP contribution in [0, 0.1) is 0 Å². The van der Waals surface area contributed by atoms with E-state index in [-0.39, 0.29) is 0 Å². The molecule has 0 aliphatic rings. The van der Waals surface area contributed by atoms with E-state index in [1.165, 1.54) is 0 Å². The van der Waals surface area contributed by atoms with Crippen LogP contribution in [0.3, 0.4) is 0 Å². The van der Waals surface area contributed by atoms with E-state index in [9.17, 15) is 0 Å². The highest BCUT2D eigenvalue weighted by atomic mass is 15.1. The summed E-state index contributed by atoms with van der Waals surface area (Å²) in [7, 11) is 4.12. The molecule has 1 N–H and O–H groups in total.